The second-order valence-corrected chi connectivity index (χ2v) is 7.18. The summed E-state index contributed by atoms with van der Waals surface area (Å²) in [6.45, 7) is 4.00. The molecule has 1 aliphatic carbocycles. The summed E-state index contributed by atoms with van der Waals surface area (Å²) in [5.74, 6) is -0.155. The quantitative estimate of drug-likeness (QED) is 0.882. The Balaban J connectivity index is 1.65. The Bertz CT molecular complexity index is 698. The highest BCUT2D eigenvalue weighted by Gasteiger charge is 2.28. The molecule has 2 atom stereocenters. The van der Waals surface area contributed by atoms with Crippen molar-refractivity contribution in [2.24, 2.45) is 0 Å². The first-order chi connectivity index (χ1) is 12.5. The van der Waals surface area contributed by atoms with Gasteiger partial charge in [-0.2, -0.15) is 0 Å². The van der Waals surface area contributed by atoms with E-state index >= 15 is 0 Å². The molecule has 2 N–H and O–H groups in total. The number of aryl methyl sites for hydroxylation is 2. The normalized spacial score (nSPS) is 19.6. The van der Waals surface area contributed by atoms with Crippen LogP contribution in [0.1, 0.15) is 57.5 Å². The van der Waals surface area contributed by atoms with Gasteiger partial charge in [-0.05, 0) is 51.0 Å². The predicted octanol–water partition coefficient (Wildman–Crippen LogP) is 3.77. The van der Waals surface area contributed by atoms with Crippen LogP contribution in [0.4, 0.5) is 0 Å². The Hall–Kier alpha value is -2.62. The molecule has 0 radical (unpaired) electrons. The molecular formula is C22H26N2O2. The molecule has 3 rings (SSSR count). The van der Waals surface area contributed by atoms with Crippen molar-refractivity contribution in [3.8, 4) is 0 Å². The molecule has 2 amide bonds. The zero-order chi connectivity index (χ0) is 18.5. The maximum atomic E-state index is 12.5. The monoisotopic (exact) mass is 350 g/mol. The lowest BCUT2D eigenvalue weighted by Gasteiger charge is -2.33. The van der Waals surface area contributed by atoms with Crippen LogP contribution in [0.2, 0.25) is 0 Å². The van der Waals surface area contributed by atoms with Gasteiger partial charge in [0.15, 0.2) is 0 Å². The molecule has 1 aliphatic rings. The van der Waals surface area contributed by atoms with E-state index in [1.165, 1.54) is 0 Å². The Labute approximate surface area is 155 Å². The summed E-state index contributed by atoms with van der Waals surface area (Å²) in [5.41, 5.74) is 3.57. The van der Waals surface area contributed by atoms with Crippen LogP contribution in [-0.4, -0.2) is 23.9 Å². The van der Waals surface area contributed by atoms with Gasteiger partial charge in [0.05, 0.1) is 0 Å². The van der Waals surface area contributed by atoms with Crippen molar-refractivity contribution in [3.63, 3.8) is 0 Å². The number of benzene rings is 2. The van der Waals surface area contributed by atoms with Gasteiger partial charge >= 0.3 is 0 Å². The SMILES string of the molecule is Cc1ccc(C(=O)N[C@H]2CCCC[C@H]2NC(=O)c2ccc(C)cc2)cc1. The fourth-order valence-electron chi connectivity index (χ4n) is 3.39. The number of carbonyl (C=O) groups is 2. The largest absolute Gasteiger partial charge is 0.347 e. The third kappa shape index (κ3) is 4.51. The Morgan fingerprint density at radius 2 is 1.04 bits per heavy atom. The molecule has 4 nitrogen and oxygen atoms in total. The van der Waals surface area contributed by atoms with Crippen LogP contribution in [-0.2, 0) is 0 Å². The minimum atomic E-state index is -0.0773. The summed E-state index contributed by atoms with van der Waals surface area (Å²) in [6, 6.07) is 15.0. The molecule has 0 bridgehead atoms. The lowest BCUT2D eigenvalue weighted by Crippen LogP contribution is -2.53. The Kier molecular flexibility index (Phi) is 5.71. The maximum Gasteiger partial charge on any atom is 0.251 e. The highest BCUT2D eigenvalue weighted by molar-refractivity contribution is 5.95. The molecule has 26 heavy (non-hydrogen) atoms. The summed E-state index contributed by atoms with van der Waals surface area (Å²) in [4.78, 5) is 25.1. The lowest BCUT2D eigenvalue weighted by atomic mass is 9.89. The fraction of sp³-hybridized carbons (Fsp3) is 0.364. The number of amides is 2. The van der Waals surface area contributed by atoms with Gasteiger partial charge in [0, 0.05) is 23.2 Å². The second kappa shape index (κ2) is 8.17. The molecule has 0 unspecified atom stereocenters. The molecular weight excluding hydrogens is 324 g/mol. The summed E-state index contributed by atoms with van der Waals surface area (Å²) < 4.78 is 0. The Morgan fingerprint density at radius 1 is 0.692 bits per heavy atom. The van der Waals surface area contributed by atoms with E-state index in [4.69, 9.17) is 0 Å². The van der Waals surface area contributed by atoms with E-state index in [2.05, 4.69) is 10.6 Å². The zero-order valence-corrected chi connectivity index (χ0v) is 15.4. The molecule has 0 spiro atoms. The minimum absolute atomic E-state index is 0.0352. The number of nitrogens with one attached hydrogen (secondary N) is 2. The van der Waals surface area contributed by atoms with Crippen molar-refractivity contribution >= 4 is 11.8 Å². The third-order valence-electron chi connectivity index (χ3n) is 5.03. The van der Waals surface area contributed by atoms with Crippen LogP contribution in [0.15, 0.2) is 48.5 Å². The molecule has 1 saturated carbocycles. The van der Waals surface area contributed by atoms with Gasteiger partial charge in [0.1, 0.15) is 0 Å². The van der Waals surface area contributed by atoms with Crippen molar-refractivity contribution in [1.29, 1.82) is 0 Å². The van der Waals surface area contributed by atoms with Crippen molar-refractivity contribution in [3.05, 3.63) is 70.8 Å². The van der Waals surface area contributed by atoms with E-state index in [-0.39, 0.29) is 23.9 Å². The molecule has 4 heteroatoms. The van der Waals surface area contributed by atoms with Gasteiger partial charge in [0.25, 0.3) is 11.8 Å². The summed E-state index contributed by atoms with van der Waals surface area (Å²) in [5, 5.41) is 6.23. The van der Waals surface area contributed by atoms with E-state index in [1.54, 1.807) is 0 Å². The summed E-state index contributed by atoms with van der Waals surface area (Å²) in [7, 11) is 0. The van der Waals surface area contributed by atoms with Crippen LogP contribution in [0.5, 0.6) is 0 Å². The van der Waals surface area contributed by atoms with Crippen molar-refractivity contribution in [1.82, 2.24) is 10.6 Å². The van der Waals surface area contributed by atoms with Crippen LogP contribution < -0.4 is 10.6 Å². The Morgan fingerprint density at radius 3 is 1.38 bits per heavy atom. The van der Waals surface area contributed by atoms with E-state index in [0.29, 0.717) is 11.1 Å². The van der Waals surface area contributed by atoms with Crippen LogP contribution in [0.25, 0.3) is 0 Å². The van der Waals surface area contributed by atoms with E-state index < -0.39 is 0 Å². The molecule has 136 valence electrons. The fourth-order valence-corrected chi connectivity index (χ4v) is 3.39. The first kappa shape index (κ1) is 18.2. The van der Waals surface area contributed by atoms with Gasteiger partial charge in [-0.3, -0.25) is 9.59 Å². The molecule has 0 aliphatic heterocycles. The smallest absolute Gasteiger partial charge is 0.251 e. The zero-order valence-electron chi connectivity index (χ0n) is 15.4. The summed E-state index contributed by atoms with van der Waals surface area (Å²) in [6.07, 6.45) is 3.90. The van der Waals surface area contributed by atoms with Crippen LogP contribution in [0.3, 0.4) is 0 Å². The van der Waals surface area contributed by atoms with Gasteiger partial charge in [-0.25, -0.2) is 0 Å². The van der Waals surface area contributed by atoms with Crippen molar-refractivity contribution in [2.75, 3.05) is 0 Å². The lowest BCUT2D eigenvalue weighted by molar-refractivity contribution is 0.0863. The summed E-state index contributed by atoms with van der Waals surface area (Å²) >= 11 is 0. The predicted molar refractivity (Wildman–Crippen MR) is 103 cm³/mol. The topological polar surface area (TPSA) is 58.2 Å². The highest BCUT2D eigenvalue weighted by Crippen LogP contribution is 2.20. The molecule has 0 saturated heterocycles. The van der Waals surface area contributed by atoms with Crippen molar-refractivity contribution < 1.29 is 9.59 Å². The number of hydrogen-bond donors (Lipinski definition) is 2. The standard InChI is InChI=1S/C22H26N2O2/c1-15-7-11-17(12-8-15)21(25)23-19-5-3-4-6-20(19)24-22(26)18-13-9-16(2)10-14-18/h7-14,19-20H,3-6H2,1-2H3,(H,23,25)(H,24,26)/t19-,20+. The first-order valence-corrected chi connectivity index (χ1v) is 9.28. The average Bonchev–Trinajstić information content (AvgIpc) is 2.64. The van der Waals surface area contributed by atoms with Crippen molar-refractivity contribution in [2.45, 2.75) is 51.6 Å². The van der Waals surface area contributed by atoms with E-state index in [9.17, 15) is 9.59 Å². The second-order valence-electron chi connectivity index (χ2n) is 7.18. The molecule has 1 fully saturated rings. The van der Waals surface area contributed by atoms with Gasteiger partial charge in [-0.15, -0.1) is 0 Å². The van der Waals surface area contributed by atoms with E-state index in [1.807, 2.05) is 62.4 Å². The number of rotatable bonds is 4. The molecule has 0 heterocycles. The van der Waals surface area contributed by atoms with Crippen LogP contribution >= 0.6 is 0 Å². The maximum absolute atomic E-state index is 12.5. The highest BCUT2D eigenvalue weighted by atomic mass is 16.2. The first-order valence-electron chi connectivity index (χ1n) is 9.28. The molecule has 2 aromatic rings. The van der Waals surface area contributed by atoms with Gasteiger partial charge < -0.3 is 10.6 Å². The third-order valence-corrected chi connectivity index (χ3v) is 5.03. The number of hydrogen-bond acceptors (Lipinski definition) is 2. The van der Waals surface area contributed by atoms with Crippen LogP contribution in [0, 0.1) is 13.8 Å². The van der Waals surface area contributed by atoms with E-state index in [0.717, 1.165) is 36.8 Å². The number of carbonyl (C=O) groups excluding carboxylic acids is 2. The van der Waals surface area contributed by atoms with Gasteiger partial charge in [-0.1, -0.05) is 48.2 Å². The molecule has 2 aromatic carbocycles. The average molecular weight is 350 g/mol. The van der Waals surface area contributed by atoms with Gasteiger partial charge in [0.2, 0.25) is 0 Å². The minimum Gasteiger partial charge on any atom is -0.347 e. The molecule has 0 aromatic heterocycles.